The normalized spacial score (nSPS) is 21.7. The molecule has 82 valence electrons. The van der Waals surface area contributed by atoms with E-state index in [4.69, 9.17) is 11.5 Å². The van der Waals surface area contributed by atoms with Gasteiger partial charge < -0.3 is 16.4 Å². The van der Waals surface area contributed by atoms with Crippen LogP contribution < -0.4 is 16.4 Å². The first-order valence-corrected chi connectivity index (χ1v) is 6.33. The Bertz CT molecular complexity index is 354. The van der Waals surface area contributed by atoms with Crippen LogP contribution in [0, 0.1) is 0 Å². The van der Waals surface area contributed by atoms with Gasteiger partial charge >= 0.3 is 0 Å². The third kappa shape index (κ3) is 2.15. The number of rotatable bonds is 1. The van der Waals surface area contributed by atoms with E-state index in [0.29, 0.717) is 17.4 Å². The first-order chi connectivity index (χ1) is 7.18. The molecule has 1 atom stereocenters. The first kappa shape index (κ1) is 10.5. The predicted octanol–water partition coefficient (Wildman–Crippen LogP) is 1.79. The van der Waals surface area contributed by atoms with Gasteiger partial charge in [-0.3, -0.25) is 0 Å². The van der Waals surface area contributed by atoms with E-state index in [1.54, 1.807) is 0 Å². The molecule has 0 spiro atoms. The molecule has 0 bridgehead atoms. The summed E-state index contributed by atoms with van der Waals surface area (Å²) in [6.45, 7) is 3.34. The molecule has 0 amide bonds. The Morgan fingerprint density at radius 3 is 2.80 bits per heavy atom. The van der Waals surface area contributed by atoms with E-state index in [9.17, 15) is 0 Å². The maximum Gasteiger partial charge on any atom is 0.0568 e. The molecule has 1 aromatic carbocycles. The standard InChI is InChI=1S/C11H17N3S/c1-8-7-15-5-4-14(8)9-2-3-10(12)11(13)6-9/h2-3,6,8H,4-5,7,12-13H2,1H3. The number of hydrogen-bond acceptors (Lipinski definition) is 4. The van der Waals surface area contributed by atoms with Crippen molar-refractivity contribution in [2.24, 2.45) is 0 Å². The Morgan fingerprint density at radius 2 is 2.13 bits per heavy atom. The number of nitrogens with zero attached hydrogens (tertiary/aromatic N) is 1. The number of hydrogen-bond donors (Lipinski definition) is 2. The van der Waals surface area contributed by atoms with E-state index in [0.717, 1.165) is 6.54 Å². The fraction of sp³-hybridized carbons (Fsp3) is 0.455. The van der Waals surface area contributed by atoms with Gasteiger partial charge in [0, 0.05) is 29.8 Å². The Labute approximate surface area is 94.8 Å². The third-order valence-electron chi connectivity index (χ3n) is 2.77. The lowest BCUT2D eigenvalue weighted by molar-refractivity contribution is 0.700. The van der Waals surface area contributed by atoms with Crippen molar-refractivity contribution in [3.63, 3.8) is 0 Å². The van der Waals surface area contributed by atoms with Gasteiger partial charge in [-0.1, -0.05) is 0 Å². The van der Waals surface area contributed by atoms with Crippen LogP contribution in [0.2, 0.25) is 0 Å². The molecule has 1 fully saturated rings. The molecule has 15 heavy (non-hydrogen) atoms. The van der Waals surface area contributed by atoms with Crippen molar-refractivity contribution >= 4 is 28.8 Å². The van der Waals surface area contributed by atoms with Gasteiger partial charge in [0.15, 0.2) is 0 Å². The zero-order valence-corrected chi connectivity index (χ0v) is 9.76. The molecule has 1 aromatic rings. The van der Waals surface area contributed by atoms with Crippen molar-refractivity contribution in [3.8, 4) is 0 Å². The van der Waals surface area contributed by atoms with Crippen LogP contribution in [-0.4, -0.2) is 24.1 Å². The number of anilines is 3. The summed E-state index contributed by atoms with van der Waals surface area (Å²) in [6, 6.07) is 6.49. The van der Waals surface area contributed by atoms with Gasteiger partial charge in [0.1, 0.15) is 0 Å². The highest BCUT2D eigenvalue weighted by atomic mass is 32.2. The molecule has 1 aliphatic heterocycles. The van der Waals surface area contributed by atoms with Crippen LogP contribution in [0.3, 0.4) is 0 Å². The van der Waals surface area contributed by atoms with Crippen LogP contribution in [0.1, 0.15) is 6.92 Å². The predicted molar refractivity (Wildman–Crippen MR) is 69.4 cm³/mol. The number of nitrogen functional groups attached to an aromatic ring is 2. The van der Waals surface area contributed by atoms with Gasteiger partial charge in [0.05, 0.1) is 11.4 Å². The molecule has 4 heteroatoms. The summed E-state index contributed by atoms with van der Waals surface area (Å²) in [6.07, 6.45) is 0. The number of benzene rings is 1. The molecular formula is C11H17N3S. The summed E-state index contributed by atoms with van der Waals surface area (Å²) >= 11 is 2.01. The largest absolute Gasteiger partial charge is 0.397 e. The zero-order chi connectivity index (χ0) is 10.8. The van der Waals surface area contributed by atoms with Crippen molar-refractivity contribution < 1.29 is 0 Å². The topological polar surface area (TPSA) is 55.3 Å². The highest BCUT2D eigenvalue weighted by Crippen LogP contribution is 2.27. The Kier molecular flexibility index (Phi) is 2.95. The second kappa shape index (κ2) is 4.23. The molecule has 4 N–H and O–H groups in total. The van der Waals surface area contributed by atoms with E-state index in [-0.39, 0.29) is 0 Å². The van der Waals surface area contributed by atoms with Crippen molar-refractivity contribution in [1.82, 2.24) is 0 Å². The average molecular weight is 223 g/mol. The molecule has 1 unspecified atom stereocenters. The van der Waals surface area contributed by atoms with Gasteiger partial charge in [-0.05, 0) is 25.1 Å². The lowest BCUT2D eigenvalue weighted by atomic mass is 10.2. The summed E-state index contributed by atoms with van der Waals surface area (Å²) in [7, 11) is 0. The molecule has 0 radical (unpaired) electrons. The minimum atomic E-state index is 0.576. The summed E-state index contributed by atoms with van der Waals surface area (Å²) in [4.78, 5) is 2.40. The molecule has 0 saturated carbocycles. The van der Waals surface area contributed by atoms with Crippen LogP contribution in [0.25, 0.3) is 0 Å². The number of thioether (sulfide) groups is 1. The molecule has 2 rings (SSSR count). The number of nitrogens with two attached hydrogens (primary N) is 2. The minimum Gasteiger partial charge on any atom is -0.397 e. The molecule has 3 nitrogen and oxygen atoms in total. The van der Waals surface area contributed by atoms with Crippen molar-refractivity contribution in [1.29, 1.82) is 0 Å². The summed E-state index contributed by atoms with van der Waals surface area (Å²) in [5.74, 6) is 2.37. The molecule has 1 aliphatic rings. The Balaban J connectivity index is 2.24. The summed E-state index contributed by atoms with van der Waals surface area (Å²) < 4.78 is 0. The second-order valence-corrected chi connectivity index (χ2v) is 5.08. The van der Waals surface area contributed by atoms with E-state index in [2.05, 4.69) is 17.9 Å². The van der Waals surface area contributed by atoms with Gasteiger partial charge in [0.2, 0.25) is 0 Å². The van der Waals surface area contributed by atoms with Crippen molar-refractivity contribution in [3.05, 3.63) is 18.2 Å². The van der Waals surface area contributed by atoms with E-state index in [1.165, 1.54) is 17.2 Å². The van der Waals surface area contributed by atoms with E-state index < -0.39 is 0 Å². The van der Waals surface area contributed by atoms with Crippen LogP contribution >= 0.6 is 11.8 Å². The van der Waals surface area contributed by atoms with E-state index in [1.807, 2.05) is 23.9 Å². The van der Waals surface area contributed by atoms with Crippen molar-refractivity contribution in [2.45, 2.75) is 13.0 Å². The summed E-state index contributed by atoms with van der Waals surface area (Å²) in [5, 5.41) is 0. The maximum absolute atomic E-state index is 5.82. The van der Waals surface area contributed by atoms with Crippen LogP contribution in [0.15, 0.2) is 18.2 Å². The monoisotopic (exact) mass is 223 g/mol. The molecular weight excluding hydrogens is 206 g/mol. The van der Waals surface area contributed by atoms with Crippen molar-refractivity contribution in [2.75, 3.05) is 34.4 Å². The first-order valence-electron chi connectivity index (χ1n) is 5.18. The lowest BCUT2D eigenvalue weighted by Crippen LogP contribution is -2.40. The molecule has 0 aliphatic carbocycles. The minimum absolute atomic E-state index is 0.576. The summed E-state index contributed by atoms with van der Waals surface area (Å²) in [5.41, 5.74) is 14.1. The third-order valence-corrected chi connectivity index (χ3v) is 3.96. The Hall–Kier alpha value is -1.03. The fourth-order valence-corrected chi connectivity index (χ4v) is 2.87. The highest BCUT2D eigenvalue weighted by molar-refractivity contribution is 7.99. The zero-order valence-electron chi connectivity index (χ0n) is 8.94. The van der Waals surface area contributed by atoms with Gasteiger partial charge in [-0.15, -0.1) is 0 Å². The van der Waals surface area contributed by atoms with Gasteiger partial charge in [-0.25, -0.2) is 0 Å². The molecule has 1 saturated heterocycles. The van der Waals surface area contributed by atoms with Gasteiger partial charge in [-0.2, -0.15) is 11.8 Å². The SMILES string of the molecule is CC1CSCCN1c1ccc(N)c(N)c1. The molecule has 0 aromatic heterocycles. The fourth-order valence-electron chi connectivity index (χ4n) is 1.85. The maximum atomic E-state index is 5.82. The van der Waals surface area contributed by atoms with Crippen LogP contribution in [0.5, 0.6) is 0 Å². The van der Waals surface area contributed by atoms with Gasteiger partial charge in [0.25, 0.3) is 0 Å². The second-order valence-electron chi connectivity index (χ2n) is 3.93. The lowest BCUT2D eigenvalue weighted by Gasteiger charge is -2.35. The highest BCUT2D eigenvalue weighted by Gasteiger charge is 2.18. The molecule has 1 heterocycles. The van der Waals surface area contributed by atoms with E-state index >= 15 is 0 Å². The average Bonchev–Trinajstić information content (AvgIpc) is 2.23. The Morgan fingerprint density at radius 1 is 1.33 bits per heavy atom. The quantitative estimate of drug-likeness (QED) is 0.713. The van der Waals surface area contributed by atoms with Crippen LogP contribution in [-0.2, 0) is 0 Å². The van der Waals surface area contributed by atoms with Crippen LogP contribution in [0.4, 0.5) is 17.1 Å². The smallest absolute Gasteiger partial charge is 0.0568 e.